The molecule has 0 bridgehead atoms. The van der Waals surface area contributed by atoms with Gasteiger partial charge in [0, 0.05) is 22.4 Å². The maximum atomic E-state index is 3.78. The highest BCUT2D eigenvalue weighted by Gasteiger charge is 2.37. The van der Waals surface area contributed by atoms with Crippen molar-refractivity contribution in [1.29, 1.82) is 0 Å². The molecule has 1 unspecified atom stereocenters. The summed E-state index contributed by atoms with van der Waals surface area (Å²) in [4.78, 5) is 2.42. The summed E-state index contributed by atoms with van der Waals surface area (Å²) in [6.07, 6.45) is 3.39. The highest BCUT2D eigenvalue weighted by Crippen LogP contribution is 2.52. The first-order chi connectivity index (χ1) is 19.1. The molecule has 2 aliphatic heterocycles. The Morgan fingerprint density at radius 1 is 0.692 bits per heavy atom. The third kappa shape index (κ3) is 3.28. The summed E-state index contributed by atoms with van der Waals surface area (Å²) >= 11 is 0. The molecule has 5 aromatic carbocycles. The van der Waals surface area contributed by atoms with Crippen LogP contribution >= 0.6 is 0 Å². The van der Waals surface area contributed by atoms with Gasteiger partial charge in [0.15, 0.2) is 0 Å². The van der Waals surface area contributed by atoms with Crippen LogP contribution in [0.4, 0.5) is 22.7 Å². The van der Waals surface area contributed by atoms with E-state index in [0.717, 1.165) is 6.42 Å². The normalized spacial score (nSPS) is 17.6. The van der Waals surface area contributed by atoms with Gasteiger partial charge >= 0.3 is 0 Å². The van der Waals surface area contributed by atoms with Crippen molar-refractivity contribution in [2.75, 3.05) is 10.2 Å². The topological polar surface area (TPSA) is 15.3 Å². The van der Waals surface area contributed by atoms with Crippen molar-refractivity contribution >= 4 is 34.4 Å². The van der Waals surface area contributed by atoms with Crippen molar-refractivity contribution in [2.45, 2.75) is 31.7 Å². The summed E-state index contributed by atoms with van der Waals surface area (Å²) in [6, 6.07) is 42.7. The molecule has 0 aromatic heterocycles. The van der Waals surface area contributed by atoms with Crippen LogP contribution in [0.15, 0.2) is 115 Å². The molecule has 2 heteroatoms. The first kappa shape index (κ1) is 22.4. The molecule has 3 aliphatic rings. The lowest BCUT2D eigenvalue weighted by atomic mass is 9.73. The number of anilines is 4. The van der Waals surface area contributed by atoms with Crippen LogP contribution in [0.2, 0.25) is 0 Å². The SMILES string of the molecule is CC1(C)c2ccccc2N(c2ccccc2)c2ccc(-c3ccc4c(c3)C3=c5ccccc5=CCC3N4)cc21. The van der Waals surface area contributed by atoms with Crippen LogP contribution < -0.4 is 20.7 Å². The summed E-state index contributed by atoms with van der Waals surface area (Å²) < 4.78 is 0. The fraction of sp³-hybridized carbons (Fsp3) is 0.135. The molecule has 0 saturated heterocycles. The van der Waals surface area contributed by atoms with Gasteiger partial charge in [0.1, 0.15) is 0 Å². The van der Waals surface area contributed by atoms with Crippen LogP contribution in [0.3, 0.4) is 0 Å². The Kier molecular flexibility index (Phi) is 4.73. The fourth-order valence-corrected chi connectivity index (χ4v) is 6.93. The first-order valence-electron chi connectivity index (χ1n) is 13.9. The molecule has 39 heavy (non-hydrogen) atoms. The first-order valence-corrected chi connectivity index (χ1v) is 13.9. The average molecular weight is 503 g/mol. The molecule has 5 aromatic rings. The molecule has 0 fully saturated rings. The third-order valence-corrected chi connectivity index (χ3v) is 8.89. The number of rotatable bonds is 2. The number of hydrogen-bond acceptors (Lipinski definition) is 2. The van der Waals surface area contributed by atoms with Crippen molar-refractivity contribution in [3.05, 3.63) is 142 Å². The Bertz CT molecular complexity index is 1900. The zero-order valence-corrected chi connectivity index (χ0v) is 22.3. The van der Waals surface area contributed by atoms with Gasteiger partial charge in [0.2, 0.25) is 0 Å². The third-order valence-electron chi connectivity index (χ3n) is 8.89. The van der Waals surface area contributed by atoms with Gasteiger partial charge in [-0.2, -0.15) is 0 Å². The van der Waals surface area contributed by atoms with E-state index in [9.17, 15) is 0 Å². The molecular weight excluding hydrogens is 472 g/mol. The van der Waals surface area contributed by atoms with E-state index in [1.54, 1.807) is 0 Å². The zero-order chi connectivity index (χ0) is 26.1. The predicted octanol–water partition coefficient (Wildman–Crippen LogP) is 7.64. The second-order valence-electron chi connectivity index (χ2n) is 11.4. The van der Waals surface area contributed by atoms with Gasteiger partial charge in [-0.05, 0) is 87.1 Å². The standard InChI is InChI=1S/C37H30N2/c1-37(2)30-14-8-9-15-34(30)39(27-11-4-3-5-12-27)35-21-18-26(23-31(35)37)25-17-19-32-29(22-25)36-28-13-7-6-10-24(28)16-20-33(36)38-32/h3-19,21-23,33,38H,20H2,1-2H3. The van der Waals surface area contributed by atoms with Gasteiger partial charge in [-0.1, -0.05) is 92.7 Å². The number of nitrogens with one attached hydrogen (secondary N) is 1. The van der Waals surface area contributed by atoms with E-state index in [0.29, 0.717) is 6.04 Å². The minimum absolute atomic E-state index is 0.122. The van der Waals surface area contributed by atoms with Crippen LogP contribution in [0.5, 0.6) is 0 Å². The molecule has 2 nitrogen and oxygen atoms in total. The molecular formula is C37H30N2. The van der Waals surface area contributed by atoms with Gasteiger partial charge in [0.25, 0.3) is 0 Å². The molecule has 8 rings (SSSR count). The van der Waals surface area contributed by atoms with Gasteiger partial charge in [-0.15, -0.1) is 0 Å². The highest BCUT2D eigenvalue weighted by atomic mass is 15.2. The van der Waals surface area contributed by atoms with Crippen molar-refractivity contribution in [3.8, 4) is 11.1 Å². The minimum atomic E-state index is -0.122. The molecule has 0 radical (unpaired) electrons. The smallest absolute Gasteiger partial charge is 0.0561 e. The second kappa shape index (κ2) is 8.22. The maximum absolute atomic E-state index is 3.78. The molecule has 1 aliphatic carbocycles. The van der Waals surface area contributed by atoms with Crippen molar-refractivity contribution < 1.29 is 0 Å². The van der Waals surface area contributed by atoms with Gasteiger partial charge in [-0.25, -0.2) is 0 Å². The van der Waals surface area contributed by atoms with Crippen LogP contribution in [0.25, 0.3) is 22.8 Å². The number of benzene rings is 5. The van der Waals surface area contributed by atoms with E-state index in [4.69, 9.17) is 0 Å². The Morgan fingerprint density at radius 2 is 1.41 bits per heavy atom. The van der Waals surface area contributed by atoms with Crippen molar-refractivity contribution in [1.82, 2.24) is 0 Å². The Hall–Kier alpha value is -4.56. The van der Waals surface area contributed by atoms with Crippen molar-refractivity contribution in [3.63, 3.8) is 0 Å². The van der Waals surface area contributed by atoms with Crippen molar-refractivity contribution in [2.24, 2.45) is 0 Å². The monoisotopic (exact) mass is 502 g/mol. The minimum Gasteiger partial charge on any atom is -0.377 e. The average Bonchev–Trinajstić information content (AvgIpc) is 3.36. The van der Waals surface area contributed by atoms with E-state index < -0.39 is 0 Å². The van der Waals surface area contributed by atoms with E-state index >= 15 is 0 Å². The van der Waals surface area contributed by atoms with Gasteiger partial charge in [0.05, 0.1) is 17.4 Å². The van der Waals surface area contributed by atoms with E-state index in [-0.39, 0.29) is 5.41 Å². The highest BCUT2D eigenvalue weighted by molar-refractivity contribution is 5.91. The summed E-state index contributed by atoms with van der Waals surface area (Å²) in [5, 5.41) is 6.49. The molecule has 1 atom stereocenters. The second-order valence-corrected chi connectivity index (χ2v) is 11.4. The summed E-state index contributed by atoms with van der Waals surface area (Å²) in [5.74, 6) is 0. The number of hydrogen-bond donors (Lipinski definition) is 1. The lowest BCUT2D eigenvalue weighted by Gasteiger charge is -2.42. The number of para-hydroxylation sites is 2. The van der Waals surface area contributed by atoms with Crippen LogP contribution in [-0.2, 0) is 5.41 Å². The van der Waals surface area contributed by atoms with E-state index in [1.807, 2.05) is 0 Å². The zero-order valence-electron chi connectivity index (χ0n) is 22.3. The molecule has 0 amide bonds. The molecule has 0 saturated carbocycles. The lowest BCUT2D eigenvalue weighted by molar-refractivity contribution is 0.632. The van der Waals surface area contributed by atoms with Crippen LogP contribution in [-0.4, -0.2) is 6.04 Å². The van der Waals surface area contributed by atoms with Crippen LogP contribution in [0, 0.1) is 0 Å². The van der Waals surface area contributed by atoms with E-state index in [1.165, 1.54) is 66.6 Å². The summed E-state index contributed by atoms with van der Waals surface area (Å²) in [7, 11) is 0. The Morgan fingerprint density at radius 3 is 2.31 bits per heavy atom. The summed E-state index contributed by atoms with van der Waals surface area (Å²) in [5.41, 5.74) is 12.8. The van der Waals surface area contributed by atoms with Gasteiger partial charge < -0.3 is 10.2 Å². The Balaban J connectivity index is 1.31. The molecule has 0 spiro atoms. The largest absolute Gasteiger partial charge is 0.377 e. The number of fused-ring (bicyclic) bond motifs is 6. The fourth-order valence-electron chi connectivity index (χ4n) is 6.93. The quantitative estimate of drug-likeness (QED) is 0.267. The molecule has 1 N–H and O–H groups in total. The predicted molar refractivity (Wildman–Crippen MR) is 163 cm³/mol. The maximum Gasteiger partial charge on any atom is 0.0561 e. The lowest BCUT2D eigenvalue weighted by Crippen LogP contribution is -2.35. The van der Waals surface area contributed by atoms with Crippen LogP contribution in [0.1, 0.15) is 37.0 Å². The van der Waals surface area contributed by atoms with E-state index in [2.05, 4.69) is 145 Å². The Labute approximate surface area is 229 Å². The molecule has 188 valence electrons. The number of nitrogens with zero attached hydrogens (tertiary/aromatic N) is 1. The van der Waals surface area contributed by atoms with Gasteiger partial charge in [-0.3, -0.25) is 0 Å². The summed E-state index contributed by atoms with van der Waals surface area (Å²) in [6.45, 7) is 4.72. The molecule has 2 heterocycles.